The van der Waals surface area contributed by atoms with Gasteiger partial charge in [-0.05, 0) is 63.1 Å². The normalized spacial score (nSPS) is 18.5. The van der Waals surface area contributed by atoms with Crippen LogP contribution in [0.1, 0.15) is 77.9 Å². The van der Waals surface area contributed by atoms with Gasteiger partial charge in [-0.1, -0.05) is 25.8 Å². The molecule has 2 nitrogen and oxygen atoms in total. The lowest BCUT2D eigenvalue weighted by Gasteiger charge is -2.20. The fraction of sp³-hybridized carbons (Fsp3) is 0.545. The van der Waals surface area contributed by atoms with Crippen LogP contribution in [-0.4, -0.2) is 11.4 Å². The van der Waals surface area contributed by atoms with Crippen molar-refractivity contribution in [3.8, 4) is 0 Å². The van der Waals surface area contributed by atoms with Crippen LogP contribution < -0.4 is 5.73 Å². The van der Waals surface area contributed by atoms with Crippen molar-refractivity contribution < 1.29 is 5.11 Å². The van der Waals surface area contributed by atoms with Crippen LogP contribution in [0.5, 0.6) is 0 Å². The third-order valence-corrected chi connectivity index (χ3v) is 11.4. The number of aliphatic hydroxyl groups excluding tert-OH is 1. The molecule has 154 valence electrons. The van der Waals surface area contributed by atoms with Gasteiger partial charge in [0.25, 0.3) is 0 Å². The third-order valence-electron chi connectivity index (χ3n) is 5.37. The first-order valence-corrected chi connectivity index (χ1v) is 13.6. The second-order valence-corrected chi connectivity index (χ2v) is 12.4. The highest BCUT2D eigenvalue weighted by atomic mass is 32.2. The number of allylic oxidation sites excluding steroid dienone is 1. The zero-order valence-electron chi connectivity index (χ0n) is 17.3. The van der Waals surface area contributed by atoms with E-state index in [1.807, 2.05) is 40.9 Å². The van der Waals surface area contributed by atoms with Crippen molar-refractivity contribution in [1.29, 1.82) is 0 Å². The molecule has 1 aliphatic carbocycles. The lowest BCUT2D eigenvalue weighted by atomic mass is 10.0. The zero-order chi connectivity index (χ0) is 20.5. The van der Waals surface area contributed by atoms with Crippen molar-refractivity contribution in [1.82, 2.24) is 0 Å². The van der Waals surface area contributed by atoms with Gasteiger partial charge in [-0.3, -0.25) is 0 Å². The molecule has 0 bridgehead atoms. The maximum Gasteiger partial charge on any atom is 0.137 e. The molecule has 28 heavy (non-hydrogen) atoms. The van der Waals surface area contributed by atoms with E-state index in [2.05, 4.69) is 52.1 Å². The molecule has 1 fully saturated rings. The molecule has 0 aliphatic heterocycles. The summed E-state index contributed by atoms with van der Waals surface area (Å²) in [5.41, 5.74) is 7.04. The van der Waals surface area contributed by atoms with E-state index < -0.39 is 6.23 Å². The monoisotopic (exact) mass is 453 g/mol. The Labute approximate surface area is 186 Å². The Bertz CT molecular complexity index is 827. The highest BCUT2D eigenvalue weighted by Gasteiger charge is 2.47. The quantitative estimate of drug-likeness (QED) is 0.389. The topological polar surface area (TPSA) is 46.2 Å². The van der Waals surface area contributed by atoms with Crippen LogP contribution in [0.15, 0.2) is 29.8 Å². The van der Waals surface area contributed by atoms with E-state index in [0.29, 0.717) is 11.2 Å². The fourth-order valence-electron chi connectivity index (χ4n) is 3.33. The van der Waals surface area contributed by atoms with Crippen LogP contribution in [0.2, 0.25) is 0 Å². The van der Waals surface area contributed by atoms with Crippen molar-refractivity contribution in [2.45, 2.75) is 63.2 Å². The van der Waals surface area contributed by atoms with E-state index in [-0.39, 0.29) is 4.75 Å². The summed E-state index contributed by atoms with van der Waals surface area (Å²) in [5, 5.41) is 10.3. The van der Waals surface area contributed by atoms with Crippen molar-refractivity contribution in [2.24, 2.45) is 11.7 Å². The highest BCUT2D eigenvalue weighted by Crippen LogP contribution is 2.63. The minimum atomic E-state index is -0.869. The third kappa shape index (κ3) is 4.73. The Morgan fingerprint density at radius 1 is 1.18 bits per heavy atom. The van der Waals surface area contributed by atoms with Gasteiger partial charge in [0.15, 0.2) is 0 Å². The number of hydrogen-bond donors (Lipinski definition) is 2. The minimum Gasteiger partial charge on any atom is -0.374 e. The van der Waals surface area contributed by atoms with Gasteiger partial charge >= 0.3 is 0 Å². The smallest absolute Gasteiger partial charge is 0.137 e. The van der Waals surface area contributed by atoms with Crippen LogP contribution in [-0.2, 0) is 4.75 Å². The molecular formula is C22H31NOS4. The van der Waals surface area contributed by atoms with Crippen LogP contribution in [0, 0.1) is 5.92 Å². The average Bonchev–Trinajstić information content (AvgIpc) is 3.08. The van der Waals surface area contributed by atoms with Crippen molar-refractivity contribution in [3.63, 3.8) is 0 Å². The standard InChI is InChI=1S/C22H31NOS4/c1-6-14(4)20(25-5)16-8-7-15(26-16)19(13(2)3)28-22(11-12-22)18-10-9-17(27-18)21(23)24/h7-10,14,20-21,24H,6,11-12,23H2,1-5H3. The molecule has 0 amide bonds. The lowest BCUT2D eigenvalue weighted by molar-refractivity contribution is 0.190. The first-order chi connectivity index (χ1) is 13.3. The Morgan fingerprint density at radius 3 is 2.36 bits per heavy atom. The van der Waals surface area contributed by atoms with Gasteiger partial charge in [0, 0.05) is 29.7 Å². The summed E-state index contributed by atoms with van der Waals surface area (Å²) in [7, 11) is 0. The summed E-state index contributed by atoms with van der Waals surface area (Å²) in [5.74, 6) is 0.686. The van der Waals surface area contributed by atoms with Gasteiger partial charge in [-0.15, -0.1) is 34.4 Å². The molecule has 0 aromatic carbocycles. The molecule has 2 heterocycles. The van der Waals surface area contributed by atoms with Gasteiger partial charge in [0.05, 0.1) is 4.75 Å². The molecule has 1 saturated carbocycles. The first kappa shape index (κ1) is 22.4. The highest BCUT2D eigenvalue weighted by molar-refractivity contribution is 8.09. The predicted octanol–water partition coefficient (Wildman–Crippen LogP) is 7.38. The van der Waals surface area contributed by atoms with Crippen LogP contribution in [0.4, 0.5) is 0 Å². The van der Waals surface area contributed by atoms with Crippen molar-refractivity contribution in [2.75, 3.05) is 6.26 Å². The summed E-state index contributed by atoms with van der Waals surface area (Å²) < 4.78 is 0.157. The van der Waals surface area contributed by atoms with E-state index in [0.717, 1.165) is 4.88 Å². The molecule has 0 spiro atoms. The molecule has 3 atom stereocenters. The number of nitrogens with two attached hydrogens (primary N) is 1. The van der Waals surface area contributed by atoms with Crippen LogP contribution >= 0.6 is 46.2 Å². The largest absolute Gasteiger partial charge is 0.374 e. The Morgan fingerprint density at radius 2 is 1.86 bits per heavy atom. The summed E-state index contributed by atoms with van der Waals surface area (Å²) in [6.45, 7) is 9.09. The molecule has 3 unspecified atom stereocenters. The second kappa shape index (κ2) is 9.27. The molecule has 1 aliphatic rings. The molecule has 2 aromatic heterocycles. The minimum absolute atomic E-state index is 0.157. The summed E-state index contributed by atoms with van der Waals surface area (Å²) in [4.78, 5) is 6.50. The number of aliphatic hydroxyl groups is 1. The van der Waals surface area contributed by atoms with Crippen molar-refractivity contribution >= 4 is 51.1 Å². The molecule has 2 aromatic rings. The summed E-state index contributed by atoms with van der Waals surface area (Å²) >= 11 is 7.61. The van der Waals surface area contributed by atoms with E-state index in [1.54, 1.807) is 11.3 Å². The predicted molar refractivity (Wildman–Crippen MR) is 130 cm³/mol. The van der Waals surface area contributed by atoms with E-state index in [9.17, 15) is 5.11 Å². The zero-order valence-corrected chi connectivity index (χ0v) is 20.6. The number of hydrogen-bond acceptors (Lipinski definition) is 6. The first-order valence-electron chi connectivity index (χ1n) is 9.84. The number of thiophene rings is 2. The Kier molecular flexibility index (Phi) is 7.43. The Hall–Kier alpha value is -0.240. The van der Waals surface area contributed by atoms with Gasteiger partial charge in [-0.2, -0.15) is 11.8 Å². The number of rotatable bonds is 9. The van der Waals surface area contributed by atoms with E-state index >= 15 is 0 Å². The SMILES string of the molecule is CCC(C)C(SC)c1ccc(C(SC2(c3ccc(C(N)O)s3)CC2)=C(C)C)s1. The van der Waals surface area contributed by atoms with Gasteiger partial charge in [-0.25, -0.2) is 0 Å². The maximum atomic E-state index is 9.69. The maximum absolute atomic E-state index is 9.69. The number of thioether (sulfide) groups is 2. The van der Waals surface area contributed by atoms with E-state index in [1.165, 1.54) is 44.4 Å². The van der Waals surface area contributed by atoms with Gasteiger partial charge in [0.1, 0.15) is 6.23 Å². The molecule has 3 N–H and O–H groups in total. The Balaban J connectivity index is 1.84. The lowest BCUT2D eigenvalue weighted by Crippen LogP contribution is -2.05. The van der Waals surface area contributed by atoms with E-state index in [4.69, 9.17) is 5.73 Å². The average molecular weight is 454 g/mol. The summed E-state index contributed by atoms with van der Waals surface area (Å²) in [6.07, 6.45) is 4.94. The molecule has 0 saturated heterocycles. The fourth-order valence-corrected chi connectivity index (χ4v) is 8.68. The molecular weight excluding hydrogens is 423 g/mol. The molecule has 6 heteroatoms. The summed E-state index contributed by atoms with van der Waals surface area (Å²) in [6, 6.07) is 8.79. The van der Waals surface area contributed by atoms with Crippen LogP contribution in [0.3, 0.4) is 0 Å². The van der Waals surface area contributed by atoms with Crippen molar-refractivity contribution in [3.05, 3.63) is 49.3 Å². The van der Waals surface area contributed by atoms with Crippen LogP contribution in [0.25, 0.3) is 4.91 Å². The molecule has 0 radical (unpaired) electrons. The molecule has 3 rings (SSSR count). The van der Waals surface area contributed by atoms with Gasteiger partial charge < -0.3 is 10.8 Å². The second-order valence-electron chi connectivity index (χ2n) is 7.82. The van der Waals surface area contributed by atoms with Gasteiger partial charge in [0.2, 0.25) is 0 Å².